The Balaban J connectivity index is 0.000001000. The van der Waals surface area contributed by atoms with Crippen LogP contribution < -0.4 is 12.4 Å². The highest BCUT2D eigenvalue weighted by Crippen LogP contribution is 2.07. The van der Waals surface area contributed by atoms with Gasteiger partial charge in [0.25, 0.3) is 0 Å². The molecule has 0 amide bonds. The number of likely N-dealkylation sites (tertiary alicyclic amines) is 1. The standard InChI is InChI=1S/C7H13NO2.ClH/c9-7(10)6-8-4-2-1-3-5-8;/h1-6H2,(H,9,10);1H/p-1. The number of nitrogens with zero attached hydrogens (tertiary/aromatic N) is 1. The predicted molar refractivity (Wildman–Crippen MR) is 37.9 cm³/mol. The van der Waals surface area contributed by atoms with E-state index in [0.717, 1.165) is 25.9 Å². The lowest BCUT2D eigenvalue weighted by Gasteiger charge is -2.24. The van der Waals surface area contributed by atoms with Crippen LogP contribution in [-0.4, -0.2) is 35.6 Å². The molecule has 0 radical (unpaired) electrons. The third kappa shape index (κ3) is 4.22. The molecular weight excluding hydrogens is 166 g/mol. The van der Waals surface area contributed by atoms with Crippen LogP contribution in [0.25, 0.3) is 0 Å². The van der Waals surface area contributed by atoms with Gasteiger partial charge in [-0.05, 0) is 25.9 Å². The summed E-state index contributed by atoms with van der Waals surface area (Å²) in [5, 5.41) is 8.42. The van der Waals surface area contributed by atoms with Crippen LogP contribution >= 0.6 is 0 Å². The fourth-order valence-corrected chi connectivity index (χ4v) is 1.31. The molecule has 1 saturated heterocycles. The molecule has 1 rings (SSSR count). The second-order valence-electron chi connectivity index (χ2n) is 2.73. The van der Waals surface area contributed by atoms with Crippen molar-refractivity contribution >= 4 is 5.97 Å². The Hall–Kier alpha value is -0.280. The average Bonchev–Trinajstić information content (AvgIpc) is 1.88. The number of hydrogen-bond acceptors (Lipinski definition) is 2. The van der Waals surface area contributed by atoms with Gasteiger partial charge in [0.1, 0.15) is 0 Å². The van der Waals surface area contributed by atoms with Gasteiger partial charge in [0.2, 0.25) is 0 Å². The molecule has 4 heteroatoms. The van der Waals surface area contributed by atoms with E-state index in [4.69, 9.17) is 5.11 Å². The molecule has 0 aromatic heterocycles. The maximum absolute atomic E-state index is 10.2. The minimum Gasteiger partial charge on any atom is -1.00 e. The largest absolute Gasteiger partial charge is 1.00 e. The first-order chi connectivity index (χ1) is 4.79. The highest BCUT2D eigenvalue weighted by atomic mass is 35.5. The zero-order chi connectivity index (χ0) is 7.40. The highest BCUT2D eigenvalue weighted by molar-refractivity contribution is 5.69. The van der Waals surface area contributed by atoms with Gasteiger partial charge < -0.3 is 17.5 Å². The van der Waals surface area contributed by atoms with Crippen molar-refractivity contribution in [3.05, 3.63) is 0 Å². The summed E-state index contributed by atoms with van der Waals surface area (Å²) >= 11 is 0. The highest BCUT2D eigenvalue weighted by Gasteiger charge is 2.11. The Labute approximate surface area is 72.8 Å². The Morgan fingerprint density at radius 1 is 1.27 bits per heavy atom. The van der Waals surface area contributed by atoms with Gasteiger partial charge in [-0.2, -0.15) is 0 Å². The number of carbonyl (C=O) groups is 1. The van der Waals surface area contributed by atoms with Gasteiger partial charge >= 0.3 is 5.97 Å². The summed E-state index contributed by atoms with van der Waals surface area (Å²) in [6, 6.07) is 0. The second-order valence-corrected chi connectivity index (χ2v) is 2.73. The number of rotatable bonds is 2. The minimum atomic E-state index is -0.707. The van der Waals surface area contributed by atoms with E-state index >= 15 is 0 Å². The van der Waals surface area contributed by atoms with Crippen molar-refractivity contribution in [1.29, 1.82) is 0 Å². The Bertz CT molecular complexity index is 124. The summed E-state index contributed by atoms with van der Waals surface area (Å²) in [4.78, 5) is 12.2. The number of halogens is 1. The van der Waals surface area contributed by atoms with Gasteiger partial charge in [-0.25, -0.2) is 0 Å². The smallest absolute Gasteiger partial charge is 0.317 e. The van der Waals surface area contributed by atoms with Crippen molar-refractivity contribution in [3.8, 4) is 0 Å². The van der Waals surface area contributed by atoms with E-state index in [0.29, 0.717) is 0 Å². The van der Waals surface area contributed by atoms with Gasteiger partial charge in [0.05, 0.1) is 6.54 Å². The quantitative estimate of drug-likeness (QED) is 0.511. The predicted octanol–water partition coefficient (Wildman–Crippen LogP) is -2.44. The van der Waals surface area contributed by atoms with Crippen LogP contribution in [0.5, 0.6) is 0 Å². The summed E-state index contributed by atoms with van der Waals surface area (Å²) in [5.74, 6) is -0.707. The first-order valence-corrected chi connectivity index (χ1v) is 3.73. The minimum absolute atomic E-state index is 0. The first kappa shape index (κ1) is 10.7. The number of aliphatic carboxylic acids is 1. The SMILES string of the molecule is O=C(O)CN1CCCCC1.[Cl-]. The maximum atomic E-state index is 10.2. The average molecular weight is 179 g/mol. The van der Waals surface area contributed by atoms with Crippen LogP contribution in [0.3, 0.4) is 0 Å². The van der Waals surface area contributed by atoms with Crippen LogP contribution in [0.2, 0.25) is 0 Å². The molecule has 66 valence electrons. The number of hydrogen-bond donors (Lipinski definition) is 1. The van der Waals surface area contributed by atoms with Crippen LogP contribution in [-0.2, 0) is 4.79 Å². The van der Waals surface area contributed by atoms with Crippen molar-refractivity contribution in [3.63, 3.8) is 0 Å². The topological polar surface area (TPSA) is 40.5 Å². The van der Waals surface area contributed by atoms with E-state index in [2.05, 4.69) is 0 Å². The summed E-state index contributed by atoms with van der Waals surface area (Å²) in [6.45, 7) is 2.15. The van der Waals surface area contributed by atoms with Crippen LogP contribution in [0.4, 0.5) is 0 Å². The molecule has 0 aliphatic carbocycles. The lowest BCUT2D eigenvalue weighted by Crippen LogP contribution is -3.00. The normalized spacial score (nSPS) is 18.9. The lowest BCUT2D eigenvalue weighted by molar-refractivity contribution is -0.138. The van der Waals surface area contributed by atoms with Crippen molar-refractivity contribution in [1.82, 2.24) is 4.90 Å². The Morgan fingerprint density at radius 2 is 1.82 bits per heavy atom. The molecule has 11 heavy (non-hydrogen) atoms. The molecule has 0 saturated carbocycles. The van der Waals surface area contributed by atoms with Gasteiger partial charge in [0.15, 0.2) is 0 Å². The van der Waals surface area contributed by atoms with E-state index in [1.54, 1.807) is 0 Å². The van der Waals surface area contributed by atoms with E-state index in [9.17, 15) is 4.79 Å². The third-order valence-corrected chi connectivity index (χ3v) is 1.81. The summed E-state index contributed by atoms with van der Waals surface area (Å²) < 4.78 is 0. The van der Waals surface area contributed by atoms with Gasteiger partial charge in [0, 0.05) is 0 Å². The zero-order valence-corrected chi connectivity index (χ0v) is 7.18. The van der Waals surface area contributed by atoms with E-state index < -0.39 is 5.97 Å². The molecule has 0 spiro atoms. The molecule has 0 atom stereocenters. The summed E-state index contributed by atoms with van der Waals surface area (Å²) in [5.41, 5.74) is 0. The molecule has 3 nitrogen and oxygen atoms in total. The molecule has 0 unspecified atom stereocenters. The Morgan fingerprint density at radius 3 is 2.27 bits per heavy atom. The van der Waals surface area contributed by atoms with Crippen molar-refractivity contribution in [2.45, 2.75) is 19.3 Å². The van der Waals surface area contributed by atoms with Crippen LogP contribution in [0, 0.1) is 0 Å². The first-order valence-electron chi connectivity index (χ1n) is 3.73. The summed E-state index contributed by atoms with van der Waals surface area (Å²) in [6.07, 6.45) is 3.58. The molecule has 0 aromatic rings. The van der Waals surface area contributed by atoms with Crippen LogP contribution in [0.15, 0.2) is 0 Å². The summed E-state index contributed by atoms with van der Waals surface area (Å²) in [7, 11) is 0. The molecule has 1 aliphatic heterocycles. The van der Waals surface area contributed by atoms with Gasteiger partial charge in [-0.3, -0.25) is 9.69 Å². The fraction of sp³-hybridized carbons (Fsp3) is 0.857. The molecule has 1 aliphatic rings. The molecule has 0 aromatic carbocycles. The van der Waals surface area contributed by atoms with E-state index in [1.165, 1.54) is 6.42 Å². The molecule has 1 heterocycles. The van der Waals surface area contributed by atoms with Crippen molar-refractivity contribution < 1.29 is 22.3 Å². The molecule has 1 N–H and O–H groups in total. The molecule has 0 bridgehead atoms. The Kier molecular flexibility index (Phi) is 5.24. The number of piperidine rings is 1. The van der Waals surface area contributed by atoms with E-state index in [-0.39, 0.29) is 19.0 Å². The number of carboxylic acids is 1. The second kappa shape index (κ2) is 5.38. The maximum Gasteiger partial charge on any atom is 0.317 e. The lowest BCUT2D eigenvalue weighted by atomic mass is 10.1. The molecule has 1 fully saturated rings. The van der Waals surface area contributed by atoms with Gasteiger partial charge in [-0.15, -0.1) is 0 Å². The zero-order valence-electron chi connectivity index (χ0n) is 6.42. The van der Waals surface area contributed by atoms with Crippen molar-refractivity contribution in [2.24, 2.45) is 0 Å². The van der Waals surface area contributed by atoms with Crippen molar-refractivity contribution in [2.75, 3.05) is 19.6 Å². The number of carboxylic acid groups (broad SMARTS) is 1. The monoisotopic (exact) mass is 178 g/mol. The molecular formula is C7H13ClNO2-. The van der Waals surface area contributed by atoms with Gasteiger partial charge in [-0.1, -0.05) is 6.42 Å². The van der Waals surface area contributed by atoms with Crippen LogP contribution in [0.1, 0.15) is 19.3 Å². The fourth-order valence-electron chi connectivity index (χ4n) is 1.31. The van der Waals surface area contributed by atoms with E-state index in [1.807, 2.05) is 4.90 Å². The third-order valence-electron chi connectivity index (χ3n) is 1.81.